The van der Waals surface area contributed by atoms with Crippen molar-refractivity contribution >= 4 is 33.6 Å². The second-order valence-corrected chi connectivity index (χ2v) is 6.47. The maximum atomic E-state index is 11.8. The summed E-state index contributed by atoms with van der Waals surface area (Å²) in [5, 5.41) is 0.636. The minimum atomic E-state index is -0.486. The summed E-state index contributed by atoms with van der Waals surface area (Å²) in [6.07, 6.45) is -0.349. The van der Waals surface area contributed by atoms with Crippen LogP contribution >= 0.6 is 27.5 Å². The highest BCUT2D eigenvalue weighted by atomic mass is 79.9. The minimum Gasteiger partial charge on any atom is -0.444 e. The Morgan fingerprint density at radius 2 is 2.00 bits per heavy atom. The lowest BCUT2D eigenvalue weighted by atomic mass is 10.2. The molecule has 1 rings (SSSR count). The molecule has 0 fully saturated rings. The second kappa shape index (κ2) is 5.93. The van der Waals surface area contributed by atoms with Crippen LogP contribution in [0.4, 0.5) is 4.79 Å². The van der Waals surface area contributed by atoms with Gasteiger partial charge in [0.2, 0.25) is 0 Å². The predicted molar refractivity (Wildman–Crippen MR) is 76.9 cm³/mol. The molecule has 0 aliphatic heterocycles. The van der Waals surface area contributed by atoms with E-state index < -0.39 is 5.60 Å². The summed E-state index contributed by atoms with van der Waals surface area (Å²) >= 11 is 9.32. The quantitative estimate of drug-likeness (QED) is 0.798. The van der Waals surface area contributed by atoms with Crippen molar-refractivity contribution in [1.82, 2.24) is 4.90 Å². The largest absolute Gasteiger partial charge is 0.444 e. The Morgan fingerprint density at radius 1 is 1.39 bits per heavy atom. The van der Waals surface area contributed by atoms with Gasteiger partial charge in [-0.3, -0.25) is 0 Å². The fraction of sp³-hybridized carbons (Fsp3) is 0.462. The van der Waals surface area contributed by atoms with Crippen molar-refractivity contribution in [2.45, 2.75) is 32.9 Å². The van der Waals surface area contributed by atoms with Crippen LogP contribution in [0.5, 0.6) is 0 Å². The van der Waals surface area contributed by atoms with E-state index in [0.29, 0.717) is 11.6 Å². The number of halogens is 2. The Balaban J connectivity index is 2.69. The smallest absolute Gasteiger partial charge is 0.410 e. The normalized spacial score (nSPS) is 11.2. The molecule has 0 heterocycles. The molecule has 0 radical (unpaired) electrons. The average molecular weight is 335 g/mol. The maximum Gasteiger partial charge on any atom is 0.410 e. The third-order valence-corrected chi connectivity index (χ3v) is 2.72. The van der Waals surface area contributed by atoms with E-state index in [1.807, 2.05) is 32.9 Å². The first-order valence-corrected chi connectivity index (χ1v) is 6.73. The van der Waals surface area contributed by atoms with Crippen LogP contribution in [0.1, 0.15) is 26.3 Å². The van der Waals surface area contributed by atoms with Gasteiger partial charge in [-0.15, -0.1) is 0 Å². The summed E-state index contributed by atoms with van der Waals surface area (Å²) in [7, 11) is 1.70. The van der Waals surface area contributed by atoms with Crippen molar-refractivity contribution in [3.05, 3.63) is 33.3 Å². The predicted octanol–water partition coefficient (Wildman–Crippen LogP) is 4.47. The van der Waals surface area contributed by atoms with Crippen molar-refractivity contribution in [1.29, 1.82) is 0 Å². The van der Waals surface area contributed by atoms with Gasteiger partial charge < -0.3 is 9.64 Å². The Labute approximate surface area is 121 Å². The van der Waals surface area contributed by atoms with E-state index in [1.165, 1.54) is 4.90 Å². The molecular weight excluding hydrogens is 318 g/mol. The number of amides is 1. The molecule has 0 saturated carbocycles. The van der Waals surface area contributed by atoms with Crippen LogP contribution in [0.2, 0.25) is 5.02 Å². The molecule has 0 aliphatic rings. The van der Waals surface area contributed by atoms with E-state index in [9.17, 15) is 4.79 Å². The van der Waals surface area contributed by atoms with E-state index in [-0.39, 0.29) is 6.09 Å². The SMILES string of the molecule is CN(Cc1cc(Cl)cc(Br)c1)C(=O)OC(C)(C)C. The van der Waals surface area contributed by atoms with Crippen molar-refractivity contribution < 1.29 is 9.53 Å². The summed E-state index contributed by atoms with van der Waals surface area (Å²) in [5.74, 6) is 0. The van der Waals surface area contributed by atoms with Crippen LogP contribution in [-0.2, 0) is 11.3 Å². The Kier molecular flexibility index (Phi) is 5.05. The lowest BCUT2D eigenvalue weighted by Gasteiger charge is -2.24. The van der Waals surface area contributed by atoms with Crippen LogP contribution in [0.3, 0.4) is 0 Å². The lowest BCUT2D eigenvalue weighted by Crippen LogP contribution is -2.33. The molecule has 0 aliphatic carbocycles. The van der Waals surface area contributed by atoms with Crippen molar-refractivity contribution in [3.8, 4) is 0 Å². The van der Waals surface area contributed by atoms with E-state index >= 15 is 0 Å². The van der Waals surface area contributed by atoms with E-state index in [4.69, 9.17) is 16.3 Å². The second-order valence-electron chi connectivity index (χ2n) is 5.11. The third-order valence-electron chi connectivity index (χ3n) is 2.05. The number of hydrogen-bond donors (Lipinski definition) is 0. The van der Waals surface area contributed by atoms with E-state index in [1.54, 1.807) is 13.1 Å². The molecule has 18 heavy (non-hydrogen) atoms. The fourth-order valence-corrected chi connectivity index (χ4v) is 2.31. The first-order chi connectivity index (χ1) is 8.17. The molecule has 0 bridgehead atoms. The van der Waals surface area contributed by atoms with E-state index in [2.05, 4.69) is 15.9 Å². The molecule has 100 valence electrons. The van der Waals surface area contributed by atoms with Crippen LogP contribution < -0.4 is 0 Å². The monoisotopic (exact) mass is 333 g/mol. The number of rotatable bonds is 2. The van der Waals surface area contributed by atoms with Gasteiger partial charge in [0.05, 0.1) is 0 Å². The van der Waals surface area contributed by atoms with Gasteiger partial charge >= 0.3 is 6.09 Å². The number of carbonyl (C=O) groups excluding carboxylic acids is 1. The number of ether oxygens (including phenoxy) is 1. The Hall–Kier alpha value is -0.740. The Morgan fingerprint density at radius 3 is 2.50 bits per heavy atom. The van der Waals surface area contributed by atoms with Gasteiger partial charge in [0.25, 0.3) is 0 Å². The van der Waals surface area contributed by atoms with Crippen molar-refractivity contribution in [2.75, 3.05) is 7.05 Å². The van der Waals surface area contributed by atoms with Gasteiger partial charge in [-0.05, 0) is 44.5 Å². The van der Waals surface area contributed by atoms with Crippen LogP contribution in [0.25, 0.3) is 0 Å². The van der Waals surface area contributed by atoms with Gasteiger partial charge in [0, 0.05) is 23.1 Å². The number of benzene rings is 1. The first-order valence-electron chi connectivity index (χ1n) is 5.56. The zero-order valence-electron chi connectivity index (χ0n) is 11.0. The van der Waals surface area contributed by atoms with Gasteiger partial charge in [-0.1, -0.05) is 27.5 Å². The molecule has 0 spiro atoms. The van der Waals surface area contributed by atoms with Gasteiger partial charge in [0.15, 0.2) is 0 Å². The first kappa shape index (κ1) is 15.3. The van der Waals surface area contributed by atoms with Crippen LogP contribution in [0, 0.1) is 0 Å². The molecule has 0 N–H and O–H groups in total. The fourth-order valence-electron chi connectivity index (χ4n) is 1.38. The van der Waals surface area contributed by atoms with Gasteiger partial charge in [0.1, 0.15) is 5.60 Å². The molecule has 3 nitrogen and oxygen atoms in total. The maximum absolute atomic E-state index is 11.8. The van der Waals surface area contributed by atoms with Crippen LogP contribution in [-0.4, -0.2) is 23.6 Å². The minimum absolute atomic E-state index is 0.349. The lowest BCUT2D eigenvalue weighted by molar-refractivity contribution is 0.0285. The molecule has 5 heteroatoms. The molecule has 0 aromatic heterocycles. The highest BCUT2D eigenvalue weighted by Gasteiger charge is 2.19. The van der Waals surface area contributed by atoms with E-state index in [0.717, 1.165) is 10.0 Å². The number of hydrogen-bond acceptors (Lipinski definition) is 2. The molecule has 1 aromatic rings. The zero-order chi connectivity index (χ0) is 13.9. The van der Waals surface area contributed by atoms with Crippen molar-refractivity contribution in [2.24, 2.45) is 0 Å². The Bertz CT molecular complexity index is 423. The summed E-state index contributed by atoms with van der Waals surface area (Å²) in [6.45, 7) is 5.98. The standard InChI is InChI=1S/C13H17BrClNO2/c1-13(2,3)18-12(17)16(4)8-9-5-10(14)7-11(15)6-9/h5-7H,8H2,1-4H3. The van der Waals surface area contributed by atoms with Crippen LogP contribution in [0.15, 0.2) is 22.7 Å². The van der Waals surface area contributed by atoms with Gasteiger partial charge in [-0.2, -0.15) is 0 Å². The summed E-state index contributed by atoms with van der Waals surface area (Å²) in [6, 6.07) is 5.55. The highest BCUT2D eigenvalue weighted by molar-refractivity contribution is 9.10. The summed E-state index contributed by atoms with van der Waals surface area (Å²) in [4.78, 5) is 13.3. The molecular formula is C13H17BrClNO2. The molecule has 0 saturated heterocycles. The topological polar surface area (TPSA) is 29.5 Å². The molecule has 0 unspecified atom stereocenters. The third kappa shape index (κ3) is 5.27. The zero-order valence-corrected chi connectivity index (χ0v) is 13.3. The summed E-state index contributed by atoms with van der Waals surface area (Å²) < 4.78 is 6.17. The molecule has 0 atom stereocenters. The average Bonchev–Trinajstić information content (AvgIpc) is 2.12. The van der Waals surface area contributed by atoms with Crippen molar-refractivity contribution in [3.63, 3.8) is 0 Å². The molecule has 1 aromatic carbocycles. The molecule has 1 amide bonds. The number of nitrogens with zero attached hydrogens (tertiary/aromatic N) is 1. The summed E-state index contributed by atoms with van der Waals surface area (Å²) in [5.41, 5.74) is 0.461. The van der Waals surface area contributed by atoms with Gasteiger partial charge in [-0.25, -0.2) is 4.79 Å². The highest BCUT2D eigenvalue weighted by Crippen LogP contribution is 2.21. The number of carbonyl (C=O) groups is 1.